The molecule has 1 atom stereocenters. The number of rotatable bonds is 36. The maximum Gasteiger partial charge on any atom is 0.306 e. The Morgan fingerprint density at radius 1 is 0.477 bits per heavy atom. The van der Waals surface area contributed by atoms with Crippen LogP contribution in [0, 0.1) is 0 Å². The number of carboxylic acids is 1. The lowest BCUT2D eigenvalue weighted by atomic mass is 10.0. The fourth-order valence-electron chi connectivity index (χ4n) is 6.06. The number of allylic oxidation sites excluding steroid dienone is 2. The monoisotopic (exact) mass is 621 g/mol. The largest absolute Gasteiger partial charge is 0.481 e. The van der Waals surface area contributed by atoms with Gasteiger partial charge in [0, 0.05) is 12.8 Å². The summed E-state index contributed by atoms with van der Waals surface area (Å²) in [4.78, 5) is 23.2. The van der Waals surface area contributed by atoms with E-state index in [1.165, 1.54) is 148 Å². The molecule has 0 rings (SSSR count). The van der Waals surface area contributed by atoms with Crippen molar-refractivity contribution in [1.82, 2.24) is 0 Å². The molecule has 1 N–H and O–H groups in total. The van der Waals surface area contributed by atoms with E-state index in [0.29, 0.717) is 12.8 Å². The Kier molecular flexibility index (Phi) is 35.1. The number of unbranched alkanes of at least 4 members (excludes halogenated alkanes) is 25. The van der Waals surface area contributed by atoms with Crippen molar-refractivity contribution < 1.29 is 19.4 Å². The second-order valence-electron chi connectivity index (χ2n) is 13.5. The van der Waals surface area contributed by atoms with Crippen LogP contribution < -0.4 is 0 Å². The van der Waals surface area contributed by atoms with Crippen molar-refractivity contribution in [3.05, 3.63) is 12.2 Å². The molecule has 260 valence electrons. The summed E-state index contributed by atoms with van der Waals surface area (Å²) in [5, 5.41) is 8.71. The molecule has 0 heterocycles. The number of aliphatic carboxylic acids is 1. The first-order chi connectivity index (χ1) is 21.6. The number of carboxylic acid groups (broad SMARTS) is 1. The van der Waals surface area contributed by atoms with E-state index in [1.54, 1.807) is 0 Å². The van der Waals surface area contributed by atoms with Crippen LogP contribution in [0.15, 0.2) is 12.2 Å². The van der Waals surface area contributed by atoms with Gasteiger partial charge in [0.1, 0.15) is 6.10 Å². The summed E-state index contributed by atoms with van der Waals surface area (Å²) in [6.45, 7) is 4.53. The van der Waals surface area contributed by atoms with Gasteiger partial charge >= 0.3 is 11.9 Å². The van der Waals surface area contributed by atoms with Gasteiger partial charge in [-0.05, 0) is 64.2 Å². The molecule has 0 aliphatic carbocycles. The van der Waals surface area contributed by atoms with Crippen LogP contribution in [0.3, 0.4) is 0 Å². The van der Waals surface area contributed by atoms with Crippen LogP contribution in [0.2, 0.25) is 0 Å². The minimum Gasteiger partial charge on any atom is -0.481 e. The number of ether oxygens (including phenoxy) is 1. The van der Waals surface area contributed by atoms with Crippen molar-refractivity contribution in [3.8, 4) is 0 Å². The summed E-state index contributed by atoms with van der Waals surface area (Å²) in [6, 6.07) is 0. The zero-order valence-corrected chi connectivity index (χ0v) is 29.7. The van der Waals surface area contributed by atoms with Crippen LogP contribution in [-0.4, -0.2) is 23.1 Å². The summed E-state index contributed by atoms with van der Waals surface area (Å²) in [6.07, 6.45) is 43.9. The van der Waals surface area contributed by atoms with Crippen LogP contribution in [0.1, 0.15) is 226 Å². The maximum atomic E-state index is 12.6. The van der Waals surface area contributed by atoms with E-state index < -0.39 is 5.97 Å². The standard InChI is InChI=1S/C40H76O4/c1-3-5-7-9-10-11-12-13-14-15-16-17-18-22-25-29-33-37-40(43)44-38(34-30-26-8-6-4-2)35-31-27-23-20-19-21-24-28-32-36-39(41)42/h13-14,38H,3-12,15-37H2,1-2H3,(H,41,42)/b14-13-. The number of carbonyl (C=O) groups is 2. The molecular formula is C40H76O4. The van der Waals surface area contributed by atoms with Gasteiger partial charge in [0.25, 0.3) is 0 Å². The molecular weight excluding hydrogens is 544 g/mol. The molecule has 0 aromatic carbocycles. The molecule has 0 bridgehead atoms. The van der Waals surface area contributed by atoms with E-state index in [0.717, 1.165) is 51.4 Å². The predicted molar refractivity (Wildman–Crippen MR) is 190 cm³/mol. The average Bonchev–Trinajstić information content (AvgIpc) is 3.00. The fraction of sp³-hybridized carbons (Fsp3) is 0.900. The van der Waals surface area contributed by atoms with Gasteiger partial charge in [-0.2, -0.15) is 0 Å². The van der Waals surface area contributed by atoms with Gasteiger partial charge in [-0.15, -0.1) is 0 Å². The highest BCUT2D eigenvalue weighted by Gasteiger charge is 2.14. The van der Waals surface area contributed by atoms with Gasteiger partial charge < -0.3 is 9.84 Å². The Morgan fingerprint density at radius 2 is 0.818 bits per heavy atom. The van der Waals surface area contributed by atoms with Crippen molar-refractivity contribution in [2.45, 2.75) is 232 Å². The molecule has 1 unspecified atom stereocenters. The second kappa shape index (κ2) is 36.2. The van der Waals surface area contributed by atoms with Crippen molar-refractivity contribution >= 4 is 11.9 Å². The van der Waals surface area contributed by atoms with Gasteiger partial charge in [-0.3, -0.25) is 9.59 Å². The zero-order valence-electron chi connectivity index (χ0n) is 29.7. The Labute approximate surface area is 275 Å². The third kappa shape index (κ3) is 35.2. The third-order valence-electron chi connectivity index (χ3n) is 8.99. The molecule has 0 aliphatic heterocycles. The third-order valence-corrected chi connectivity index (χ3v) is 8.99. The van der Waals surface area contributed by atoms with E-state index >= 15 is 0 Å². The van der Waals surface area contributed by atoms with Gasteiger partial charge in [-0.1, -0.05) is 161 Å². The SMILES string of the molecule is CCCCCCCC/C=C\CCCCCCCCCC(=O)OC(CCCCCCC)CCCCCCCCCCCC(=O)O. The van der Waals surface area contributed by atoms with E-state index in [9.17, 15) is 9.59 Å². The van der Waals surface area contributed by atoms with Crippen LogP contribution >= 0.6 is 0 Å². The molecule has 0 saturated carbocycles. The highest BCUT2D eigenvalue weighted by atomic mass is 16.5. The van der Waals surface area contributed by atoms with Crippen molar-refractivity contribution in [2.75, 3.05) is 0 Å². The smallest absolute Gasteiger partial charge is 0.306 e. The minimum atomic E-state index is -0.677. The average molecular weight is 621 g/mol. The molecule has 0 spiro atoms. The van der Waals surface area contributed by atoms with Crippen LogP contribution in [0.25, 0.3) is 0 Å². The Hall–Kier alpha value is -1.32. The molecule has 0 amide bonds. The van der Waals surface area contributed by atoms with Crippen LogP contribution in [0.4, 0.5) is 0 Å². The first-order valence-electron chi connectivity index (χ1n) is 19.7. The van der Waals surface area contributed by atoms with E-state index in [4.69, 9.17) is 9.84 Å². The highest BCUT2D eigenvalue weighted by Crippen LogP contribution is 2.19. The van der Waals surface area contributed by atoms with Crippen molar-refractivity contribution in [2.24, 2.45) is 0 Å². The van der Waals surface area contributed by atoms with Crippen molar-refractivity contribution in [3.63, 3.8) is 0 Å². The lowest BCUT2D eigenvalue weighted by molar-refractivity contribution is -0.150. The van der Waals surface area contributed by atoms with Crippen LogP contribution in [0.5, 0.6) is 0 Å². The summed E-state index contributed by atoms with van der Waals surface area (Å²) >= 11 is 0. The second-order valence-corrected chi connectivity index (χ2v) is 13.5. The fourth-order valence-corrected chi connectivity index (χ4v) is 6.06. The molecule has 0 fully saturated rings. The minimum absolute atomic E-state index is 0.0270. The van der Waals surface area contributed by atoms with Crippen molar-refractivity contribution in [1.29, 1.82) is 0 Å². The quantitative estimate of drug-likeness (QED) is 0.0430. The van der Waals surface area contributed by atoms with Gasteiger partial charge in [0.05, 0.1) is 0 Å². The first-order valence-corrected chi connectivity index (χ1v) is 19.7. The van der Waals surface area contributed by atoms with E-state index in [-0.39, 0.29) is 12.1 Å². The zero-order chi connectivity index (χ0) is 32.2. The molecule has 0 radical (unpaired) electrons. The molecule has 0 aromatic rings. The lowest BCUT2D eigenvalue weighted by Crippen LogP contribution is -2.18. The maximum absolute atomic E-state index is 12.6. The molecule has 0 aromatic heterocycles. The molecule has 0 saturated heterocycles. The summed E-state index contributed by atoms with van der Waals surface area (Å²) < 4.78 is 6.00. The van der Waals surface area contributed by atoms with Crippen LogP contribution in [-0.2, 0) is 14.3 Å². The molecule has 4 heteroatoms. The van der Waals surface area contributed by atoms with Gasteiger partial charge in [-0.25, -0.2) is 0 Å². The van der Waals surface area contributed by atoms with E-state index in [2.05, 4.69) is 26.0 Å². The summed E-state index contributed by atoms with van der Waals surface area (Å²) in [5.41, 5.74) is 0. The normalized spacial score (nSPS) is 12.2. The molecule has 4 nitrogen and oxygen atoms in total. The van der Waals surface area contributed by atoms with Gasteiger partial charge in [0.2, 0.25) is 0 Å². The summed E-state index contributed by atoms with van der Waals surface area (Å²) in [7, 11) is 0. The number of hydrogen-bond donors (Lipinski definition) is 1. The Balaban J connectivity index is 3.84. The number of hydrogen-bond acceptors (Lipinski definition) is 3. The number of carbonyl (C=O) groups excluding carboxylic acids is 1. The highest BCUT2D eigenvalue weighted by molar-refractivity contribution is 5.69. The van der Waals surface area contributed by atoms with Gasteiger partial charge in [0.15, 0.2) is 0 Å². The Morgan fingerprint density at radius 3 is 1.23 bits per heavy atom. The molecule has 0 aliphatic rings. The first kappa shape index (κ1) is 42.7. The van der Waals surface area contributed by atoms with E-state index in [1.807, 2.05) is 0 Å². The number of esters is 1. The molecule has 44 heavy (non-hydrogen) atoms. The predicted octanol–water partition coefficient (Wildman–Crippen LogP) is 13.5. The lowest BCUT2D eigenvalue weighted by Gasteiger charge is -2.18. The Bertz CT molecular complexity index is 629. The summed E-state index contributed by atoms with van der Waals surface area (Å²) in [5.74, 6) is -0.650. The topological polar surface area (TPSA) is 63.6 Å².